The van der Waals surface area contributed by atoms with Crippen molar-refractivity contribution < 1.29 is 20.1 Å². The first-order chi connectivity index (χ1) is 7.40. The molecule has 87 valence electrons. The molecule has 0 bridgehead atoms. The van der Waals surface area contributed by atoms with Crippen LogP contribution in [0.4, 0.5) is 0 Å². The Bertz CT molecular complexity index is 409. The van der Waals surface area contributed by atoms with Gasteiger partial charge >= 0.3 is 0 Å². The third kappa shape index (κ3) is 3.29. The Labute approximate surface area is 110 Å². The van der Waals surface area contributed by atoms with Crippen molar-refractivity contribution in [2.24, 2.45) is 0 Å². The van der Waals surface area contributed by atoms with Gasteiger partial charge in [0.2, 0.25) is 0 Å². The van der Waals surface area contributed by atoms with E-state index in [2.05, 4.69) is 24.2 Å². The first kappa shape index (κ1) is 13.1. The second kappa shape index (κ2) is 6.62. The van der Waals surface area contributed by atoms with Gasteiger partial charge in [-0.1, -0.05) is 13.3 Å². The molecule has 2 rings (SSSR count). The van der Waals surface area contributed by atoms with Crippen molar-refractivity contribution in [3.05, 3.63) is 48.3 Å². The van der Waals surface area contributed by atoms with Gasteiger partial charge in [-0.25, -0.2) is 0 Å². The zero-order valence-corrected chi connectivity index (χ0v) is 11.7. The number of unbranched alkanes of at least 4 members (excludes halogenated alkanes) is 1. The predicted molar refractivity (Wildman–Crippen MR) is 61.0 cm³/mol. The number of hydrogen-bond acceptors (Lipinski definition) is 1. The standard InChI is InChI=1S/C13H15N2.Ir/c1-2-3-7-12-10-11-15(14-12)13-8-5-4-6-9-13;/h4-6,8,10-11H,2-3,7H2,1H3;/q-1;. The Morgan fingerprint density at radius 3 is 2.88 bits per heavy atom. The summed E-state index contributed by atoms with van der Waals surface area (Å²) in [7, 11) is 0. The minimum atomic E-state index is 0. The molecule has 1 heterocycles. The summed E-state index contributed by atoms with van der Waals surface area (Å²) in [6.07, 6.45) is 5.48. The average Bonchev–Trinajstić information content (AvgIpc) is 2.76. The van der Waals surface area contributed by atoms with Gasteiger partial charge < -0.3 is 0 Å². The molecule has 0 spiro atoms. The van der Waals surface area contributed by atoms with E-state index in [9.17, 15) is 0 Å². The third-order valence-electron chi connectivity index (χ3n) is 2.37. The molecule has 0 amide bonds. The van der Waals surface area contributed by atoms with Crippen molar-refractivity contribution in [1.82, 2.24) is 9.78 Å². The fourth-order valence-corrected chi connectivity index (χ4v) is 1.51. The fourth-order valence-electron chi connectivity index (χ4n) is 1.51. The summed E-state index contributed by atoms with van der Waals surface area (Å²) in [5.74, 6) is 0. The molecule has 0 aliphatic heterocycles. The molecule has 0 saturated heterocycles. The first-order valence-electron chi connectivity index (χ1n) is 5.42. The van der Waals surface area contributed by atoms with Crippen LogP contribution in [0.3, 0.4) is 0 Å². The monoisotopic (exact) mass is 392 g/mol. The molecule has 2 nitrogen and oxygen atoms in total. The van der Waals surface area contributed by atoms with Crippen LogP contribution in [0.15, 0.2) is 36.5 Å². The minimum absolute atomic E-state index is 0. The summed E-state index contributed by atoms with van der Waals surface area (Å²) >= 11 is 0. The van der Waals surface area contributed by atoms with Gasteiger partial charge in [0.25, 0.3) is 0 Å². The van der Waals surface area contributed by atoms with Crippen molar-refractivity contribution >= 4 is 0 Å². The fraction of sp³-hybridized carbons (Fsp3) is 0.308. The molecule has 0 aliphatic rings. The van der Waals surface area contributed by atoms with E-state index >= 15 is 0 Å². The summed E-state index contributed by atoms with van der Waals surface area (Å²) in [4.78, 5) is 0. The normalized spacial score (nSPS) is 9.81. The zero-order valence-electron chi connectivity index (χ0n) is 9.31. The smallest absolute Gasteiger partial charge is 0.0628 e. The SMILES string of the molecule is CCCCc1ccn(-c2[c-]cccc2)n1.[Ir]. The summed E-state index contributed by atoms with van der Waals surface area (Å²) < 4.78 is 1.88. The molecule has 0 saturated carbocycles. The Balaban J connectivity index is 0.00000128. The molecule has 1 aromatic carbocycles. The number of aromatic nitrogens is 2. The van der Waals surface area contributed by atoms with E-state index in [-0.39, 0.29) is 20.1 Å². The maximum atomic E-state index is 4.50. The maximum Gasteiger partial charge on any atom is 0.0628 e. The Morgan fingerprint density at radius 2 is 2.19 bits per heavy atom. The summed E-state index contributed by atoms with van der Waals surface area (Å²) in [6.45, 7) is 2.20. The Morgan fingerprint density at radius 1 is 1.31 bits per heavy atom. The maximum absolute atomic E-state index is 4.50. The van der Waals surface area contributed by atoms with Gasteiger partial charge in [0.15, 0.2) is 0 Å². The van der Waals surface area contributed by atoms with Gasteiger partial charge in [-0.2, -0.15) is 29.4 Å². The minimum Gasteiger partial charge on any atom is -0.265 e. The van der Waals surface area contributed by atoms with Gasteiger partial charge in [0.05, 0.1) is 5.69 Å². The van der Waals surface area contributed by atoms with Crippen LogP contribution < -0.4 is 0 Å². The zero-order chi connectivity index (χ0) is 10.5. The van der Waals surface area contributed by atoms with Gasteiger partial charge in [-0.05, 0) is 24.6 Å². The number of hydrogen-bond donors (Lipinski definition) is 0. The second-order valence-electron chi connectivity index (χ2n) is 3.60. The number of aryl methyl sites for hydroxylation is 1. The van der Waals surface area contributed by atoms with Crippen LogP contribution in [0.2, 0.25) is 0 Å². The van der Waals surface area contributed by atoms with Crippen molar-refractivity contribution in [3.8, 4) is 5.69 Å². The molecule has 16 heavy (non-hydrogen) atoms. The van der Waals surface area contributed by atoms with Crippen LogP contribution in [0.5, 0.6) is 0 Å². The molecule has 3 heteroatoms. The van der Waals surface area contributed by atoms with E-state index < -0.39 is 0 Å². The van der Waals surface area contributed by atoms with E-state index in [0.29, 0.717) is 0 Å². The molecule has 2 aromatic rings. The number of nitrogens with zero attached hydrogens (tertiary/aromatic N) is 2. The molecule has 1 radical (unpaired) electrons. The molecule has 0 aliphatic carbocycles. The second-order valence-corrected chi connectivity index (χ2v) is 3.60. The summed E-state index contributed by atoms with van der Waals surface area (Å²) in [5, 5.41) is 4.50. The van der Waals surface area contributed by atoms with Crippen LogP contribution in [-0.2, 0) is 26.5 Å². The number of benzene rings is 1. The molecule has 1 aromatic heterocycles. The Hall–Kier alpha value is -0.921. The quantitative estimate of drug-likeness (QED) is 0.733. The first-order valence-corrected chi connectivity index (χ1v) is 5.42. The third-order valence-corrected chi connectivity index (χ3v) is 2.37. The summed E-state index contributed by atoms with van der Waals surface area (Å²) in [6, 6.07) is 13.1. The van der Waals surface area contributed by atoms with E-state index in [4.69, 9.17) is 0 Å². The molecule has 0 fully saturated rings. The van der Waals surface area contributed by atoms with Crippen LogP contribution in [0.25, 0.3) is 5.69 Å². The number of rotatable bonds is 4. The van der Waals surface area contributed by atoms with Gasteiger partial charge in [0.1, 0.15) is 0 Å². The molecule has 0 atom stereocenters. The predicted octanol–water partition coefficient (Wildman–Crippen LogP) is 3.01. The van der Waals surface area contributed by atoms with Gasteiger partial charge in [0, 0.05) is 26.3 Å². The van der Waals surface area contributed by atoms with Crippen LogP contribution in [0, 0.1) is 6.07 Å². The van der Waals surface area contributed by atoms with E-state index in [1.807, 2.05) is 35.1 Å². The van der Waals surface area contributed by atoms with Crippen molar-refractivity contribution in [2.45, 2.75) is 26.2 Å². The van der Waals surface area contributed by atoms with Crippen molar-refractivity contribution in [2.75, 3.05) is 0 Å². The van der Waals surface area contributed by atoms with E-state index in [0.717, 1.165) is 17.8 Å². The van der Waals surface area contributed by atoms with Crippen LogP contribution >= 0.6 is 0 Å². The van der Waals surface area contributed by atoms with Crippen molar-refractivity contribution in [1.29, 1.82) is 0 Å². The largest absolute Gasteiger partial charge is 0.265 e. The Kier molecular flexibility index (Phi) is 5.44. The molecular weight excluding hydrogens is 376 g/mol. The van der Waals surface area contributed by atoms with Gasteiger partial charge in [-0.15, -0.1) is 6.07 Å². The number of para-hydroxylation sites is 1. The van der Waals surface area contributed by atoms with Crippen LogP contribution in [0.1, 0.15) is 25.5 Å². The molecule has 0 N–H and O–H groups in total. The van der Waals surface area contributed by atoms with Gasteiger partial charge in [-0.3, -0.25) is 4.68 Å². The topological polar surface area (TPSA) is 17.8 Å². The summed E-state index contributed by atoms with van der Waals surface area (Å²) in [5.41, 5.74) is 2.16. The van der Waals surface area contributed by atoms with Crippen molar-refractivity contribution in [3.63, 3.8) is 0 Å². The average molecular weight is 391 g/mol. The molecular formula is C13H15IrN2-. The van der Waals surface area contributed by atoms with E-state index in [1.54, 1.807) is 0 Å². The van der Waals surface area contributed by atoms with Crippen LogP contribution in [-0.4, -0.2) is 9.78 Å². The van der Waals surface area contributed by atoms with E-state index in [1.165, 1.54) is 12.8 Å². The molecule has 0 unspecified atom stereocenters.